The predicted molar refractivity (Wildman–Crippen MR) is 122 cm³/mol. The van der Waals surface area contributed by atoms with Crippen molar-refractivity contribution in [3.8, 4) is 10.4 Å². The van der Waals surface area contributed by atoms with Crippen LogP contribution in [0.15, 0.2) is 77.9 Å². The standard InChI is InChI=1S/C24H23N3O2S/c1-2-9-20(17-10-5-3-6-11-17)26-22(28)15-27-16-25-23-19(24(27)29)14-21(30-23)18-12-7-4-8-13-18/h3-8,10-14,16,20H,2,9,15H2,1H3,(H,26,28)/t20-/m0/s1. The molecule has 0 unspecified atom stereocenters. The molecule has 0 aliphatic heterocycles. The molecule has 0 radical (unpaired) electrons. The van der Waals surface area contributed by atoms with Crippen molar-refractivity contribution in [1.82, 2.24) is 14.9 Å². The summed E-state index contributed by atoms with van der Waals surface area (Å²) >= 11 is 1.48. The van der Waals surface area contributed by atoms with Gasteiger partial charge in [-0.1, -0.05) is 74.0 Å². The minimum atomic E-state index is -0.195. The summed E-state index contributed by atoms with van der Waals surface area (Å²) in [6, 6.07) is 21.6. The van der Waals surface area contributed by atoms with E-state index in [9.17, 15) is 9.59 Å². The number of benzene rings is 2. The van der Waals surface area contributed by atoms with Crippen LogP contribution in [-0.4, -0.2) is 15.5 Å². The quantitative estimate of drug-likeness (QED) is 0.471. The maximum atomic E-state index is 12.9. The fourth-order valence-corrected chi connectivity index (χ4v) is 4.50. The lowest BCUT2D eigenvalue weighted by Crippen LogP contribution is -2.34. The number of hydrogen-bond donors (Lipinski definition) is 1. The van der Waals surface area contributed by atoms with Gasteiger partial charge in [-0.2, -0.15) is 0 Å². The second-order valence-corrected chi connectivity index (χ2v) is 8.22. The average molecular weight is 418 g/mol. The molecule has 0 fully saturated rings. The van der Waals surface area contributed by atoms with Crippen molar-refractivity contribution in [1.29, 1.82) is 0 Å². The van der Waals surface area contributed by atoms with Gasteiger partial charge in [0.1, 0.15) is 11.4 Å². The minimum absolute atomic E-state index is 0.0503. The van der Waals surface area contributed by atoms with E-state index in [1.807, 2.05) is 66.7 Å². The van der Waals surface area contributed by atoms with Gasteiger partial charge in [-0.15, -0.1) is 11.3 Å². The van der Waals surface area contributed by atoms with E-state index in [-0.39, 0.29) is 24.1 Å². The highest BCUT2D eigenvalue weighted by atomic mass is 32.1. The molecule has 0 saturated carbocycles. The molecule has 1 amide bonds. The Bertz CT molecular complexity index is 1200. The smallest absolute Gasteiger partial charge is 0.262 e. The van der Waals surface area contributed by atoms with Gasteiger partial charge in [-0.25, -0.2) is 4.98 Å². The number of nitrogens with zero attached hydrogens (tertiary/aromatic N) is 2. The molecule has 4 rings (SSSR count). The molecule has 6 heteroatoms. The largest absolute Gasteiger partial charge is 0.348 e. The van der Waals surface area contributed by atoms with E-state index in [0.29, 0.717) is 10.2 Å². The number of hydrogen-bond acceptors (Lipinski definition) is 4. The Morgan fingerprint density at radius 2 is 1.80 bits per heavy atom. The zero-order valence-electron chi connectivity index (χ0n) is 16.7. The van der Waals surface area contributed by atoms with Crippen molar-refractivity contribution < 1.29 is 4.79 Å². The highest BCUT2D eigenvalue weighted by Gasteiger charge is 2.16. The summed E-state index contributed by atoms with van der Waals surface area (Å²) in [4.78, 5) is 31.7. The van der Waals surface area contributed by atoms with Gasteiger partial charge in [0.2, 0.25) is 5.91 Å². The molecule has 0 bridgehead atoms. The van der Waals surface area contributed by atoms with Crippen molar-refractivity contribution in [2.75, 3.05) is 0 Å². The number of carbonyl (C=O) groups is 1. The summed E-state index contributed by atoms with van der Waals surface area (Å²) < 4.78 is 1.38. The minimum Gasteiger partial charge on any atom is -0.348 e. The van der Waals surface area contributed by atoms with Gasteiger partial charge < -0.3 is 5.32 Å². The zero-order valence-corrected chi connectivity index (χ0v) is 17.6. The molecular weight excluding hydrogens is 394 g/mol. The fourth-order valence-electron chi connectivity index (χ4n) is 3.51. The molecule has 152 valence electrons. The highest BCUT2D eigenvalue weighted by Crippen LogP contribution is 2.30. The van der Waals surface area contributed by atoms with E-state index in [2.05, 4.69) is 17.2 Å². The number of rotatable bonds is 7. The lowest BCUT2D eigenvalue weighted by Gasteiger charge is -2.19. The van der Waals surface area contributed by atoms with E-state index >= 15 is 0 Å². The van der Waals surface area contributed by atoms with Gasteiger partial charge >= 0.3 is 0 Å². The van der Waals surface area contributed by atoms with Crippen molar-refractivity contribution in [3.05, 3.63) is 89.0 Å². The summed E-state index contributed by atoms with van der Waals surface area (Å²) in [6.45, 7) is 2.04. The highest BCUT2D eigenvalue weighted by molar-refractivity contribution is 7.21. The molecule has 1 N–H and O–H groups in total. The van der Waals surface area contributed by atoms with Crippen molar-refractivity contribution in [2.24, 2.45) is 0 Å². The van der Waals surface area contributed by atoms with Gasteiger partial charge in [-0.3, -0.25) is 14.2 Å². The first-order valence-corrected chi connectivity index (χ1v) is 10.9. The number of amides is 1. The van der Waals surface area contributed by atoms with E-state index in [1.54, 1.807) is 0 Å². The summed E-state index contributed by atoms with van der Waals surface area (Å²) in [5.74, 6) is -0.195. The maximum absolute atomic E-state index is 12.9. The Morgan fingerprint density at radius 1 is 1.10 bits per heavy atom. The van der Waals surface area contributed by atoms with Crippen LogP contribution >= 0.6 is 11.3 Å². The van der Waals surface area contributed by atoms with Crippen LogP contribution in [0.5, 0.6) is 0 Å². The number of carbonyl (C=O) groups excluding carboxylic acids is 1. The number of aromatic nitrogens is 2. The Hall–Kier alpha value is -3.25. The third kappa shape index (κ3) is 4.33. The lowest BCUT2D eigenvalue weighted by atomic mass is 10.0. The fraction of sp³-hybridized carbons (Fsp3) is 0.208. The zero-order chi connectivity index (χ0) is 20.9. The summed E-state index contributed by atoms with van der Waals surface area (Å²) in [5.41, 5.74) is 1.92. The van der Waals surface area contributed by atoms with Gasteiger partial charge in [0.25, 0.3) is 5.56 Å². The van der Waals surface area contributed by atoms with E-state index < -0.39 is 0 Å². The normalized spacial score (nSPS) is 12.0. The van der Waals surface area contributed by atoms with Crippen molar-refractivity contribution >= 4 is 27.5 Å². The SMILES string of the molecule is CCC[C@H](NC(=O)Cn1cnc2sc(-c3ccccc3)cc2c1=O)c1ccccc1. The molecule has 1 atom stereocenters. The summed E-state index contributed by atoms with van der Waals surface area (Å²) in [5, 5.41) is 3.61. The molecule has 0 saturated heterocycles. The third-order valence-electron chi connectivity index (χ3n) is 5.00. The molecule has 2 aromatic carbocycles. The van der Waals surface area contributed by atoms with Crippen LogP contribution in [0.1, 0.15) is 31.4 Å². The molecule has 0 aliphatic rings. The molecule has 5 nitrogen and oxygen atoms in total. The number of nitrogens with one attached hydrogen (secondary N) is 1. The molecule has 4 aromatic rings. The van der Waals surface area contributed by atoms with Gasteiger partial charge in [0.05, 0.1) is 17.8 Å². The number of fused-ring (bicyclic) bond motifs is 1. The van der Waals surface area contributed by atoms with E-state index in [4.69, 9.17) is 0 Å². The van der Waals surface area contributed by atoms with Crippen LogP contribution in [-0.2, 0) is 11.3 Å². The van der Waals surface area contributed by atoms with Crippen molar-refractivity contribution in [3.63, 3.8) is 0 Å². The summed E-state index contributed by atoms with van der Waals surface area (Å²) in [6.07, 6.45) is 3.25. The van der Waals surface area contributed by atoms with Crippen molar-refractivity contribution in [2.45, 2.75) is 32.4 Å². The van der Waals surface area contributed by atoms with E-state index in [1.165, 1.54) is 22.2 Å². The molecule has 0 aliphatic carbocycles. The molecule has 2 aromatic heterocycles. The van der Waals surface area contributed by atoms with Gasteiger partial charge in [-0.05, 0) is 23.6 Å². The monoisotopic (exact) mass is 417 g/mol. The van der Waals surface area contributed by atoms with E-state index in [0.717, 1.165) is 28.8 Å². The number of thiophene rings is 1. The Labute approximate surface area is 179 Å². The van der Waals surface area contributed by atoms with Crippen LogP contribution in [0.3, 0.4) is 0 Å². The van der Waals surface area contributed by atoms with Gasteiger partial charge in [0.15, 0.2) is 0 Å². The molecule has 30 heavy (non-hydrogen) atoms. The Morgan fingerprint density at radius 3 is 2.50 bits per heavy atom. The third-order valence-corrected chi connectivity index (χ3v) is 6.10. The first-order chi connectivity index (χ1) is 14.7. The van der Waals surface area contributed by atoms with Crippen LogP contribution in [0.25, 0.3) is 20.7 Å². The van der Waals surface area contributed by atoms with Crippen LogP contribution in [0.4, 0.5) is 0 Å². The molecule has 2 heterocycles. The molecule has 0 spiro atoms. The second kappa shape index (κ2) is 9.05. The van der Waals surface area contributed by atoms with Crippen LogP contribution in [0, 0.1) is 0 Å². The maximum Gasteiger partial charge on any atom is 0.262 e. The molecular formula is C24H23N3O2S. The Kier molecular flexibility index (Phi) is 6.05. The lowest BCUT2D eigenvalue weighted by molar-refractivity contribution is -0.122. The first kappa shape index (κ1) is 20.0. The summed E-state index contributed by atoms with van der Waals surface area (Å²) in [7, 11) is 0. The topological polar surface area (TPSA) is 64.0 Å². The second-order valence-electron chi connectivity index (χ2n) is 7.19. The van der Waals surface area contributed by atoms with Crippen LogP contribution < -0.4 is 10.9 Å². The predicted octanol–water partition coefficient (Wildman–Crippen LogP) is 4.78. The first-order valence-electron chi connectivity index (χ1n) is 10.0. The van der Waals surface area contributed by atoms with Gasteiger partial charge in [0, 0.05) is 4.88 Å². The van der Waals surface area contributed by atoms with Crippen LogP contribution in [0.2, 0.25) is 0 Å². The Balaban J connectivity index is 1.55. The average Bonchev–Trinajstić information content (AvgIpc) is 3.22.